The molecule has 8 heteroatoms. The van der Waals surface area contributed by atoms with Crippen LogP contribution in [0.1, 0.15) is 44.1 Å². The molecule has 46 heavy (non-hydrogen) atoms. The molecular weight excluding hydrogens is 576 g/mol. The van der Waals surface area contributed by atoms with Crippen LogP contribution in [-0.4, -0.2) is 42.8 Å². The molecule has 7 aromatic rings. The Hall–Kier alpha value is -5.89. The Balaban J connectivity index is 0.000000147. The number of benzene rings is 4. The first kappa shape index (κ1) is 28.9. The van der Waals surface area contributed by atoms with E-state index in [0.717, 1.165) is 80.5 Å². The van der Waals surface area contributed by atoms with Gasteiger partial charge in [-0.25, -0.2) is 9.59 Å². The number of aromatic carboxylic acids is 2. The van der Waals surface area contributed by atoms with E-state index in [0.29, 0.717) is 11.1 Å². The zero-order valence-electron chi connectivity index (χ0n) is 25.5. The van der Waals surface area contributed by atoms with E-state index < -0.39 is 11.9 Å². The van der Waals surface area contributed by atoms with E-state index >= 15 is 0 Å². The standard InChI is InChI=1S/C19H18N2O2.C19H14N2O2/c2*1-12-18(19(22)23)14-6-2-3-9-17(14)21(12)16-10-4-8-15-13(16)7-5-11-20-15/h2-4,6,8-10,20H,5,7,11H2,1H3,(H,22,23);2-11H,1H3,(H,22,23). The number of hydrogen-bond acceptors (Lipinski definition) is 4. The van der Waals surface area contributed by atoms with Crippen LogP contribution in [0.4, 0.5) is 5.69 Å². The van der Waals surface area contributed by atoms with E-state index in [9.17, 15) is 19.8 Å². The summed E-state index contributed by atoms with van der Waals surface area (Å²) in [5.41, 5.74) is 9.39. The molecule has 0 spiro atoms. The Kier molecular flexibility index (Phi) is 7.25. The summed E-state index contributed by atoms with van der Waals surface area (Å²) in [4.78, 5) is 27.9. The summed E-state index contributed by atoms with van der Waals surface area (Å²) in [7, 11) is 0. The number of nitrogens with one attached hydrogen (secondary N) is 1. The first-order chi connectivity index (χ1) is 22.4. The summed E-state index contributed by atoms with van der Waals surface area (Å²) in [5.74, 6) is -1.78. The van der Waals surface area contributed by atoms with Crippen molar-refractivity contribution in [1.82, 2.24) is 14.1 Å². The highest BCUT2D eigenvalue weighted by Crippen LogP contribution is 2.35. The predicted molar refractivity (Wildman–Crippen MR) is 182 cm³/mol. The Morgan fingerprint density at radius 1 is 0.674 bits per heavy atom. The van der Waals surface area contributed by atoms with Crippen LogP contribution >= 0.6 is 0 Å². The molecule has 0 bridgehead atoms. The highest BCUT2D eigenvalue weighted by molar-refractivity contribution is 6.07. The summed E-state index contributed by atoms with van der Waals surface area (Å²) in [6, 6.07) is 31.3. The zero-order chi connectivity index (χ0) is 31.9. The fourth-order valence-electron chi connectivity index (χ4n) is 6.88. The summed E-state index contributed by atoms with van der Waals surface area (Å²) in [5, 5.41) is 25.2. The Labute approximate surface area is 265 Å². The van der Waals surface area contributed by atoms with Crippen LogP contribution in [0.3, 0.4) is 0 Å². The fraction of sp³-hybridized carbons (Fsp3) is 0.132. The normalized spacial score (nSPS) is 12.4. The highest BCUT2D eigenvalue weighted by atomic mass is 16.4. The molecular formula is C38H32N4O4. The summed E-state index contributed by atoms with van der Waals surface area (Å²) in [6.07, 6.45) is 3.86. The van der Waals surface area contributed by atoms with Gasteiger partial charge in [0.2, 0.25) is 0 Å². The first-order valence-corrected chi connectivity index (χ1v) is 15.2. The molecule has 0 atom stereocenters. The van der Waals surface area contributed by atoms with Gasteiger partial charge in [0.05, 0.1) is 39.1 Å². The number of rotatable bonds is 4. The van der Waals surface area contributed by atoms with Gasteiger partial charge in [-0.15, -0.1) is 0 Å². The van der Waals surface area contributed by atoms with Gasteiger partial charge in [-0.3, -0.25) is 4.98 Å². The van der Waals surface area contributed by atoms with Gasteiger partial charge in [0.1, 0.15) is 0 Å². The minimum Gasteiger partial charge on any atom is -0.478 e. The molecule has 1 aliphatic heterocycles. The number of aromatic nitrogens is 3. The van der Waals surface area contributed by atoms with E-state index in [1.54, 1.807) is 6.20 Å². The molecule has 228 valence electrons. The zero-order valence-corrected chi connectivity index (χ0v) is 25.5. The third-order valence-corrected chi connectivity index (χ3v) is 8.83. The average Bonchev–Trinajstić information content (AvgIpc) is 3.54. The molecule has 0 radical (unpaired) electrons. The molecule has 0 fully saturated rings. The molecule has 0 unspecified atom stereocenters. The van der Waals surface area contributed by atoms with Gasteiger partial charge in [-0.05, 0) is 80.8 Å². The molecule has 4 heterocycles. The highest BCUT2D eigenvalue weighted by Gasteiger charge is 2.23. The smallest absolute Gasteiger partial charge is 0.338 e. The number of carboxylic acids is 2. The monoisotopic (exact) mass is 608 g/mol. The maximum absolute atomic E-state index is 11.7. The van der Waals surface area contributed by atoms with Gasteiger partial charge < -0.3 is 24.7 Å². The lowest BCUT2D eigenvalue weighted by molar-refractivity contribution is 0.0687. The van der Waals surface area contributed by atoms with Crippen LogP contribution in [0.5, 0.6) is 0 Å². The lowest BCUT2D eigenvalue weighted by Gasteiger charge is -2.22. The third-order valence-electron chi connectivity index (χ3n) is 8.83. The van der Waals surface area contributed by atoms with Crippen LogP contribution in [0.25, 0.3) is 44.1 Å². The minimum atomic E-state index is -0.907. The quantitative estimate of drug-likeness (QED) is 0.186. The van der Waals surface area contributed by atoms with Gasteiger partial charge in [0, 0.05) is 46.0 Å². The Morgan fingerprint density at radius 2 is 1.24 bits per heavy atom. The van der Waals surface area contributed by atoms with Gasteiger partial charge in [-0.2, -0.15) is 0 Å². The number of hydrogen-bond donors (Lipinski definition) is 3. The lowest BCUT2D eigenvalue weighted by Crippen LogP contribution is -2.14. The molecule has 0 amide bonds. The Bertz CT molecular complexity index is 2310. The largest absolute Gasteiger partial charge is 0.478 e. The summed E-state index contributed by atoms with van der Waals surface area (Å²) in [6.45, 7) is 4.72. The van der Waals surface area contributed by atoms with Gasteiger partial charge in [0.25, 0.3) is 0 Å². The van der Waals surface area contributed by atoms with Crippen LogP contribution in [0.15, 0.2) is 103 Å². The second-order valence-corrected chi connectivity index (χ2v) is 11.4. The molecule has 0 saturated carbocycles. The number of anilines is 1. The SMILES string of the molecule is Cc1c(C(=O)O)c2ccccc2n1-c1cccc2c1CCCN2.Cc1c(C(=O)O)c2ccccc2n1-c1cccc2ncccc12. The topological polar surface area (TPSA) is 109 Å². The molecule has 8 nitrogen and oxygen atoms in total. The third kappa shape index (κ3) is 4.66. The maximum atomic E-state index is 11.7. The Morgan fingerprint density at radius 3 is 1.89 bits per heavy atom. The van der Waals surface area contributed by atoms with Crippen molar-refractivity contribution >= 4 is 50.3 Å². The number of para-hydroxylation sites is 2. The molecule has 3 N–H and O–H groups in total. The maximum Gasteiger partial charge on any atom is 0.338 e. The lowest BCUT2D eigenvalue weighted by atomic mass is 10.0. The van der Waals surface area contributed by atoms with Crippen molar-refractivity contribution in [3.05, 3.63) is 131 Å². The second kappa shape index (κ2) is 11.6. The molecule has 1 aliphatic rings. The van der Waals surface area contributed by atoms with E-state index in [1.807, 2.05) is 103 Å². The average molecular weight is 609 g/mol. The summed E-state index contributed by atoms with van der Waals surface area (Å²) >= 11 is 0. The van der Waals surface area contributed by atoms with E-state index in [1.165, 1.54) is 5.56 Å². The van der Waals surface area contributed by atoms with Crippen LogP contribution in [-0.2, 0) is 6.42 Å². The minimum absolute atomic E-state index is 0.349. The predicted octanol–water partition coefficient (Wildman–Crippen LogP) is 8.18. The first-order valence-electron chi connectivity index (χ1n) is 15.2. The van der Waals surface area contributed by atoms with Crippen LogP contribution < -0.4 is 5.32 Å². The molecule has 8 rings (SSSR count). The number of pyridine rings is 1. The van der Waals surface area contributed by atoms with Crippen LogP contribution in [0.2, 0.25) is 0 Å². The molecule has 3 aromatic heterocycles. The van der Waals surface area contributed by atoms with Crippen molar-refractivity contribution in [2.75, 3.05) is 11.9 Å². The van der Waals surface area contributed by atoms with E-state index in [4.69, 9.17) is 0 Å². The van der Waals surface area contributed by atoms with Crippen molar-refractivity contribution < 1.29 is 19.8 Å². The number of carboxylic acid groups (broad SMARTS) is 2. The number of nitrogens with zero attached hydrogens (tertiary/aromatic N) is 3. The number of fused-ring (bicyclic) bond motifs is 4. The molecule has 4 aromatic carbocycles. The van der Waals surface area contributed by atoms with Gasteiger partial charge in [0.15, 0.2) is 0 Å². The van der Waals surface area contributed by atoms with Crippen LogP contribution in [0, 0.1) is 13.8 Å². The molecule has 0 saturated heterocycles. The molecule has 0 aliphatic carbocycles. The number of carbonyl (C=O) groups is 2. The van der Waals surface area contributed by atoms with Crippen molar-refractivity contribution in [3.8, 4) is 11.4 Å². The van der Waals surface area contributed by atoms with E-state index in [2.05, 4.69) is 27.0 Å². The van der Waals surface area contributed by atoms with Crippen molar-refractivity contribution in [1.29, 1.82) is 0 Å². The van der Waals surface area contributed by atoms with E-state index in [-0.39, 0.29) is 0 Å². The fourth-order valence-corrected chi connectivity index (χ4v) is 6.88. The van der Waals surface area contributed by atoms with Crippen molar-refractivity contribution in [2.45, 2.75) is 26.7 Å². The van der Waals surface area contributed by atoms with Gasteiger partial charge >= 0.3 is 11.9 Å². The second-order valence-electron chi connectivity index (χ2n) is 11.4. The van der Waals surface area contributed by atoms with Gasteiger partial charge in [-0.1, -0.05) is 48.5 Å². The summed E-state index contributed by atoms with van der Waals surface area (Å²) < 4.78 is 4.09. The van der Waals surface area contributed by atoms with Crippen molar-refractivity contribution in [2.24, 2.45) is 0 Å². The van der Waals surface area contributed by atoms with Crippen molar-refractivity contribution in [3.63, 3.8) is 0 Å².